The number of nitrogens with one attached hydrogen (secondary N) is 1. The lowest BCUT2D eigenvalue weighted by molar-refractivity contribution is 0.122. The summed E-state index contributed by atoms with van der Waals surface area (Å²) >= 11 is 0. The second-order valence-electron chi connectivity index (χ2n) is 3.81. The van der Waals surface area contributed by atoms with Crippen molar-refractivity contribution in [1.29, 1.82) is 0 Å². The van der Waals surface area contributed by atoms with Gasteiger partial charge in [-0.25, -0.2) is 17.5 Å². The van der Waals surface area contributed by atoms with Crippen molar-refractivity contribution in [2.45, 2.75) is 24.8 Å². The minimum Gasteiger partial charge on any atom is -0.380 e. The number of hydrogen-bond acceptors (Lipinski definition) is 3. The Bertz CT molecular complexity index is 487. The lowest BCUT2D eigenvalue weighted by Gasteiger charge is -2.11. The molecular formula is C11H16FNO3S. The predicted octanol–water partition coefficient (Wildman–Crippen LogP) is 1.45. The first-order chi connectivity index (χ1) is 7.86. The molecule has 1 rings (SSSR count). The molecule has 1 unspecified atom stereocenters. The highest BCUT2D eigenvalue weighted by molar-refractivity contribution is 7.89. The van der Waals surface area contributed by atoms with E-state index in [0.717, 1.165) is 6.07 Å². The van der Waals surface area contributed by atoms with Gasteiger partial charge in [0, 0.05) is 13.7 Å². The van der Waals surface area contributed by atoms with Gasteiger partial charge in [0.15, 0.2) is 0 Å². The Balaban J connectivity index is 2.86. The van der Waals surface area contributed by atoms with Crippen molar-refractivity contribution in [3.05, 3.63) is 29.6 Å². The largest absolute Gasteiger partial charge is 0.380 e. The number of hydrogen-bond donors (Lipinski definition) is 1. The molecule has 6 heteroatoms. The van der Waals surface area contributed by atoms with E-state index in [1.54, 1.807) is 13.8 Å². The van der Waals surface area contributed by atoms with Crippen LogP contribution in [0.2, 0.25) is 0 Å². The molecule has 1 atom stereocenters. The Labute approximate surface area is 101 Å². The van der Waals surface area contributed by atoms with E-state index >= 15 is 0 Å². The van der Waals surface area contributed by atoms with Crippen LogP contribution in [-0.4, -0.2) is 28.2 Å². The van der Waals surface area contributed by atoms with E-state index in [1.165, 1.54) is 19.2 Å². The van der Waals surface area contributed by atoms with Crippen molar-refractivity contribution in [3.8, 4) is 0 Å². The summed E-state index contributed by atoms with van der Waals surface area (Å²) in [6.45, 7) is 3.46. The fraction of sp³-hybridized carbons (Fsp3) is 0.455. The summed E-state index contributed by atoms with van der Waals surface area (Å²) in [4.78, 5) is -0.0797. The van der Waals surface area contributed by atoms with Crippen molar-refractivity contribution in [1.82, 2.24) is 4.72 Å². The molecule has 0 aliphatic carbocycles. The van der Waals surface area contributed by atoms with Gasteiger partial charge in [0.05, 0.1) is 11.0 Å². The van der Waals surface area contributed by atoms with E-state index in [1.807, 2.05) is 0 Å². The van der Waals surface area contributed by atoms with Gasteiger partial charge >= 0.3 is 0 Å². The van der Waals surface area contributed by atoms with Crippen LogP contribution in [0.1, 0.15) is 12.5 Å². The number of aryl methyl sites for hydroxylation is 1. The Kier molecular flexibility index (Phi) is 4.62. The molecule has 0 amide bonds. The summed E-state index contributed by atoms with van der Waals surface area (Å²) in [6.07, 6.45) is -0.236. The number of halogens is 1. The summed E-state index contributed by atoms with van der Waals surface area (Å²) in [6, 6.07) is 3.82. The first kappa shape index (κ1) is 14.1. The van der Waals surface area contributed by atoms with Gasteiger partial charge in [-0.3, -0.25) is 0 Å². The second-order valence-corrected chi connectivity index (χ2v) is 5.58. The van der Waals surface area contributed by atoms with Gasteiger partial charge in [-0.15, -0.1) is 0 Å². The molecule has 0 radical (unpaired) electrons. The van der Waals surface area contributed by atoms with Gasteiger partial charge < -0.3 is 4.74 Å². The van der Waals surface area contributed by atoms with Gasteiger partial charge in [0.2, 0.25) is 10.0 Å². The third-order valence-electron chi connectivity index (χ3n) is 2.42. The fourth-order valence-electron chi connectivity index (χ4n) is 1.13. The number of ether oxygens (including phenoxy) is 1. The van der Waals surface area contributed by atoms with E-state index in [0.29, 0.717) is 5.56 Å². The molecule has 0 saturated carbocycles. The van der Waals surface area contributed by atoms with E-state index in [9.17, 15) is 12.8 Å². The molecule has 0 bridgehead atoms. The predicted molar refractivity (Wildman–Crippen MR) is 62.8 cm³/mol. The van der Waals surface area contributed by atoms with Crippen molar-refractivity contribution < 1.29 is 17.5 Å². The molecule has 0 heterocycles. The minimum absolute atomic E-state index is 0.0797. The molecule has 0 saturated heterocycles. The molecular weight excluding hydrogens is 245 g/mol. The van der Waals surface area contributed by atoms with Crippen molar-refractivity contribution in [3.63, 3.8) is 0 Å². The summed E-state index contributed by atoms with van der Waals surface area (Å²) < 4.78 is 44.1. The molecule has 17 heavy (non-hydrogen) atoms. The summed E-state index contributed by atoms with van der Waals surface area (Å²) in [5, 5.41) is 0. The molecule has 96 valence electrons. The van der Waals surface area contributed by atoms with Crippen LogP contribution in [0, 0.1) is 12.7 Å². The lowest BCUT2D eigenvalue weighted by Crippen LogP contribution is -2.31. The van der Waals surface area contributed by atoms with E-state index in [4.69, 9.17) is 4.74 Å². The average molecular weight is 261 g/mol. The highest BCUT2D eigenvalue weighted by Crippen LogP contribution is 2.13. The van der Waals surface area contributed by atoms with Gasteiger partial charge in [0.1, 0.15) is 5.82 Å². The fourth-order valence-corrected chi connectivity index (χ4v) is 2.26. The maximum Gasteiger partial charge on any atom is 0.240 e. The van der Waals surface area contributed by atoms with Gasteiger partial charge in [0.25, 0.3) is 0 Å². The normalized spacial score (nSPS) is 13.6. The number of rotatable bonds is 5. The van der Waals surface area contributed by atoms with E-state index < -0.39 is 15.8 Å². The maximum absolute atomic E-state index is 13.3. The zero-order valence-electron chi connectivity index (χ0n) is 10.0. The SMILES string of the molecule is COC(C)CNS(=O)(=O)c1ccc(C)c(F)c1. The standard InChI is InChI=1S/C11H16FNO3S/c1-8-4-5-10(6-11(8)12)17(14,15)13-7-9(2)16-3/h4-6,9,13H,7H2,1-3H3. The molecule has 1 aromatic rings. The molecule has 0 aromatic heterocycles. The minimum atomic E-state index is -3.67. The van der Waals surface area contributed by atoms with Gasteiger partial charge in [-0.05, 0) is 31.5 Å². The second kappa shape index (κ2) is 5.57. The van der Waals surface area contributed by atoms with Crippen molar-refractivity contribution in [2.75, 3.05) is 13.7 Å². The van der Waals surface area contributed by atoms with Crippen LogP contribution >= 0.6 is 0 Å². The molecule has 0 fully saturated rings. The molecule has 1 N–H and O–H groups in total. The summed E-state index contributed by atoms with van der Waals surface area (Å²) in [5.41, 5.74) is 0.411. The van der Waals surface area contributed by atoms with Crippen LogP contribution in [0.15, 0.2) is 23.1 Å². The third-order valence-corrected chi connectivity index (χ3v) is 3.84. The van der Waals surface area contributed by atoms with Crippen LogP contribution < -0.4 is 4.72 Å². The smallest absolute Gasteiger partial charge is 0.240 e. The Morgan fingerprint density at radius 1 is 1.47 bits per heavy atom. The van der Waals surface area contributed by atoms with Gasteiger partial charge in [-0.2, -0.15) is 0 Å². The highest BCUT2D eigenvalue weighted by atomic mass is 32.2. The quantitative estimate of drug-likeness (QED) is 0.872. The van der Waals surface area contributed by atoms with Crippen LogP contribution in [0.4, 0.5) is 4.39 Å². The van der Waals surface area contributed by atoms with Crippen LogP contribution in [-0.2, 0) is 14.8 Å². The monoisotopic (exact) mass is 261 g/mol. The first-order valence-electron chi connectivity index (χ1n) is 5.15. The lowest BCUT2D eigenvalue weighted by atomic mass is 10.2. The average Bonchev–Trinajstić information content (AvgIpc) is 2.29. The molecule has 0 aliphatic heterocycles. The zero-order valence-corrected chi connectivity index (χ0v) is 10.8. The number of benzene rings is 1. The molecule has 1 aromatic carbocycles. The van der Waals surface area contributed by atoms with E-state index in [-0.39, 0.29) is 17.5 Å². The Morgan fingerprint density at radius 2 is 2.12 bits per heavy atom. The third kappa shape index (κ3) is 3.76. The maximum atomic E-state index is 13.3. The molecule has 0 aliphatic rings. The topological polar surface area (TPSA) is 55.4 Å². The zero-order chi connectivity index (χ0) is 13.1. The Hall–Kier alpha value is -0.980. The van der Waals surface area contributed by atoms with Crippen LogP contribution in [0.3, 0.4) is 0 Å². The summed E-state index contributed by atoms with van der Waals surface area (Å²) in [5.74, 6) is -0.535. The van der Waals surface area contributed by atoms with Crippen LogP contribution in [0.25, 0.3) is 0 Å². The molecule has 4 nitrogen and oxygen atoms in total. The highest BCUT2D eigenvalue weighted by Gasteiger charge is 2.16. The van der Waals surface area contributed by atoms with E-state index in [2.05, 4.69) is 4.72 Å². The number of sulfonamides is 1. The van der Waals surface area contributed by atoms with Crippen molar-refractivity contribution in [2.24, 2.45) is 0 Å². The molecule has 0 spiro atoms. The van der Waals surface area contributed by atoms with Gasteiger partial charge in [-0.1, -0.05) is 6.07 Å². The first-order valence-corrected chi connectivity index (χ1v) is 6.63. The Morgan fingerprint density at radius 3 is 2.65 bits per heavy atom. The van der Waals surface area contributed by atoms with Crippen LogP contribution in [0.5, 0.6) is 0 Å². The summed E-state index contributed by atoms with van der Waals surface area (Å²) in [7, 11) is -2.18. The number of methoxy groups -OCH3 is 1. The van der Waals surface area contributed by atoms with Crippen molar-refractivity contribution >= 4 is 10.0 Å².